The van der Waals surface area contributed by atoms with Gasteiger partial charge >= 0.3 is 0 Å². The van der Waals surface area contributed by atoms with Crippen molar-refractivity contribution in [2.75, 3.05) is 13.1 Å². The van der Waals surface area contributed by atoms with Crippen LogP contribution in [0.15, 0.2) is 82.5 Å². The van der Waals surface area contributed by atoms with Crippen molar-refractivity contribution in [1.82, 2.24) is 4.90 Å². The van der Waals surface area contributed by atoms with Gasteiger partial charge in [-0.05, 0) is 97.6 Å². The topological polar surface area (TPSA) is 15.6 Å². The molecular weight excluding hydrogens is 412 g/mol. The Labute approximate surface area is 198 Å². The summed E-state index contributed by atoms with van der Waals surface area (Å²) in [6.45, 7) is 6.13. The molecule has 0 N–H and O–H groups in total. The highest BCUT2D eigenvalue weighted by atomic mass is 35.5. The Morgan fingerprint density at radius 3 is 2.78 bits per heavy atom. The summed E-state index contributed by atoms with van der Waals surface area (Å²) in [6.07, 6.45) is 26.1. The van der Waals surface area contributed by atoms with Gasteiger partial charge in [0.2, 0.25) is 0 Å². The molecule has 2 aliphatic carbocycles. The fourth-order valence-corrected chi connectivity index (χ4v) is 5.34. The van der Waals surface area contributed by atoms with E-state index in [0.29, 0.717) is 0 Å². The summed E-state index contributed by atoms with van der Waals surface area (Å²) in [5, 5.41) is 0.726. The van der Waals surface area contributed by atoms with E-state index in [1.54, 1.807) is 0 Å². The lowest BCUT2D eigenvalue weighted by atomic mass is 9.89. The lowest BCUT2D eigenvalue weighted by molar-refractivity contribution is 0.259. The zero-order valence-corrected chi connectivity index (χ0v) is 19.9. The van der Waals surface area contributed by atoms with E-state index >= 15 is 0 Å². The monoisotopic (exact) mass is 446 g/mol. The fourth-order valence-electron chi connectivity index (χ4n) is 5.11. The third-order valence-electron chi connectivity index (χ3n) is 6.77. The number of nitrogens with zero attached hydrogens (tertiary/aromatic N) is 2. The molecule has 1 fully saturated rings. The van der Waals surface area contributed by atoms with Crippen LogP contribution in [0.2, 0.25) is 0 Å². The largest absolute Gasteiger partial charge is 0.368 e. The van der Waals surface area contributed by atoms with Crippen LogP contribution >= 0.6 is 11.6 Å². The standard InChI is InChI=1S/C29H35ClN2/c1-23-20-26(30)14-9-19-32(22-24-10-3-2-4-11-24)27(21-23)15-8-18-31-29-17-7-13-25-12-5-6-16-28(25)29/h7-9,13-15,17-18,20-21,24H,1-6,10-12,16,19,22H2/b14-9-,15-8+,26-20+,27-21-,31-18?. The number of fused-ring (bicyclic) bond motifs is 1. The van der Waals surface area contributed by atoms with Crippen molar-refractivity contribution in [2.45, 2.75) is 57.8 Å². The summed E-state index contributed by atoms with van der Waals surface area (Å²) in [5.41, 5.74) is 6.12. The molecule has 1 aromatic rings. The molecule has 32 heavy (non-hydrogen) atoms. The number of halogens is 1. The molecule has 1 aromatic carbocycles. The van der Waals surface area contributed by atoms with Crippen LogP contribution in [-0.4, -0.2) is 24.2 Å². The van der Waals surface area contributed by atoms with Crippen molar-refractivity contribution in [3.63, 3.8) is 0 Å². The molecule has 0 amide bonds. The van der Waals surface area contributed by atoms with Gasteiger partial charge in [0.05, 0.1) is 5.69 Å². The highest BCUT2D eigenvalue weighted by Gasteiger charge is 2.18. The number of aryl methyl sites for hydroxylation is 1. The summed E-state index contributed by atoms with van der Waals surface area (Å²) in [7, 11) is 0. The van der Waals surface area contributed by atoms with E-state index in [2.05, 4.69) is 54.0 Å². The fraction of sp³-hybridized carbons (Fsp3) is 0.414. The average Bonchev–Trinajstić information content (AvgIpc) is 2.86. The molecule has 4 rings (SSSR count). The Balaban J connectivity index is 1.53. The zero-order valence-electron chi connectivity index (χ0n) is 19.1. The Kier molecular flexibility index (Phi) is 8.23. The molecule has 0 unspecified atom stereocenters. The van der Waals surface area contributed by atoms with Gasteiger partial charge in [-0.3, -0.25) is 4.99 Å². The Morgan fingerprint density at radius 2 is 1.91 bits per heavy atom. The first-order valence-corrected chi connectivity index (χ1v) is 12.6. The van der Waals surface area contributed by atoms with Crippen molar-refractivity contribution < 1.29 is 0 Å². The molecule has 0 saturated heterocycles. The number of allylic oxidation sites excluding steroid dienone is 7. The first-order valence-electron chi connectivity index (χ1n) is 12.2. The van der Waals surface area contributed by atoms with Gasteiger partial charge in [0, 0.05) is 30.0 Å². The van der Waals surface area contributed by atoms with Gasteiger partial charge < -0.3 is 4.90 Å². The molecule has 0 aromatic heterocycles. The first-order chi connectivity index (χ1) is 15.7. The smallest absolute Gasteiger partial charge is 0.0664 e. The maximum Gasteiger partial charge on any atom is 0.0664 e. The molecule has 3 aliphatic rings. The summed E-state index contributed by atoms with van der Waals surface area (Å²) < 4.78 is 0. The lowest BCUT2D eigenvalue weighted by Gasteiger charge is -2.31. The van der Waals surface area contributed by atoms with Crippen LogP contribution < -0.4 is 0 Å². The van der Waals surface area contributed by atoms with Crippen molar-refractivity contribution in [3.05, 3.63) is 88.7 Å². The Bertz CT molecular complexity index is 957. The zero-order chi connectivity index (χ0) is 22.2. The van der Waals surface area contributed by atoms with Crippen molar-refractivity contribution in [2.24, 2.45) is 10.9 Å². The summed E-state index contributed by atoms with van der Waals surface area (Å²) >= 11 is 6.33. The number of hydrogen-bond donors (Lipinski definition) is 0. The number of hydrogen-bond acceptors (Lipinski definition) is 2. The van der Waals surface area contributed by atoms with Crippen LogP contribution in [0, 0.1) is 5.92 Å². The predicted molar refractivity (Wildman–Crippen MR) is 139 cm³/mol. The van der Waals surface area contributed by atoms with Gasteiger partial charge in [0.1, 0.15) is 0 Å². The minimum absolute atomic E-state index is 0.726. The molecule has 0 bridgehead atoms. The van der Waals surface area contributed by atoms with E-state index in [1.807, 2.05) is 18.4 Å². The predicted octanol–water partition coefficient (Wildman–Crippen LogP) is 7.84. The second kappa shape index (κ2) is 11.5. The van der Waals surface area contributed by atoms with Gasteiger partial charge in [0.15, 0.2) is 0 Å². The molecule has 1 aliphatic heterocycles. The van der Waals surface area contributed by atoms with Crippen LogP contribution in [0.3, 0.4) is 0 Å². The third-order valence-corrected chi connectivity index (χ3v) is 7.00. The van der Waals surface area contributed by atoms with Gasteiger partial charge in [-0.15, -0.1) is 0 Å². The van der Waals surface area contributed by atoms with E-state index in [0.717, 1.165) is 41.7 Å². The molecule has 1 saturated carbocycles. The summed E-state index contributed by atoms with van der Waals surface area (Å²) in [5.74, 6) is 0.760. The maximum absolute atomic E-state index is 6.33. The molecular formula is C29H35ClN2. The van der Waals surface area contributed by atoms with Crippen LogP contribution in [0.5, 0.6) is 0 Å². The molecule has 0 spiro atoms. The molecule has 1 heterocycles. The number of benzene rings is 1. The molecule has 0 atom stereocenters. The van der Waals surface area contributed by atoms with E-state index in [1.165, 1.54) is 68.2 Å². The van der Waals surface area contributed by atoms with Crippen LogP contribution in [-0.2, 0) is 12.8 Å². The Morgan fingerprint density at radius 1 is 1.06 bits per heavy atom. The molecule has 0 radical (unpaired) electrons. The SMILES string of the molecule is C=C1/C=C(/C=C/C=Nc2cccc3c2CCCC3)N(CC2CCCCC2)C/C=C\C(Cl)=C/1. The minimum Gasteiger partial charge on any atom is -0.368 e. The summed E-state index contributed by atoms with van der Waals surface area (Å²) in [6, 6.07) is 6.54. The van der Waals surface area contributed by atoms with Gasteiger partial charge in [-0.2, -0.15) is 0 Å². The average molecular weight is 447 g/mol. The molecule has 168 valence electrons. The molecule has 3 heteroatoms. The van der Waals surface area contributed by atoms with Gasteiger partial charge in [0.25, 0.3) is 0 Å². The van der Waals surface area contributed by atoms with Gasteiger partial charge in [-0.1, -0.05) is 55.7 Å². The lowest BCUT2D eigenvalue weighted by Crippen LogP contribution is -2.30. The van der Waals surface area contributed by atoms with E-state index in [-0.39, 0.29) is 0 Å². The van der Waals surface area contributed by atoms with Crippen LogP contribution in [0.25, 0.3) is 0 Å². The maximum atomic E-state index is 6.33. The summed E-state index contributed by atoms with van der Waals surface area (Å²) in [4.78, 5) is 7.28. The van der Waals surface area contributed by atoms with Crippen molar-refractivity contribution >= 4 is 23.5 Å². The number of aliphatic imine (C=N–C) groups is 1. The molecule has 2 nitrogen and oxygen atoms in total. The minimum atomic E-state index is 0.726. The highest BCUT2D eigenvalue weighted by molar-refractivity contribution is 6.31. The first kappa shape index (κ1) is 22.9. The highest BCUT2D eigenvalue weighted by Crippen LogP contribution is 2.30. The van der Waals surface area contributed by atoms with E-state index in [4.69, 9.17) is 16.6 Å². The number of rotatable bonds is 5. The van der Waals surface area contributed by atoms with E-state index in [9.17, 15) is 0 Å². The second-order valence-corrected chi connectivity index (χ2v) is 9.68. The second-order valence-electron chi connectivity index (χ2n) is 9.24. The normalized spacial score (nSPS) is 24.9. The Hall–Kier alpha value is -2.32. The quantitative estimate of drug-likeness (QED) is 0.420. The van der Waals surface area contributed by atoms with Crippen molar-refractivity contribution in [3.8, 4) is 0 Å². The van der Waals surface area contributed by atoms with Crippen LogP contribution in [0.4, 0.5) is 5.69 Å². The van der Waals surface area contributed by atoms with Gasteiger partial charge in [-0.25, -0.2) is 0 Å². The van der Waals surface area contributed by atoms with Crippen LogP contribution in [0.1, 0.15) is 56.1 Å². The third kappa shape index (κ3) is 6.36. The van der Waals surface area contributed by atoms with Crippen molar-refractivity contribution in [1.29, 1.82) is 0 Å². The van der Waals surface area contributed by atoms with E-state index < -0.39 is 0 Å².